The number of nitrogens with zero attached hydrogens (tertiary/aromatic N) is 1. The fourth-order valence-electron chi connectivity index (χ4n) is 3.53. The topological polar surface area (TPSA) is 92.8 Å². The van der Waals surface area contributed by atoms with Crippen molar-refractivity contribution in [2.24, 2.45) is 0 Å². The quantitative estimate of drug-likeness (QED) is 0.517. The van der Waals surface area contributed by atoms with Crippen LogP contribution in [-0.4, -0.2) is 50.8 Å². The Morgan fingerprint density at radius 1 is 1.09 bits per heavy atom. The highest BCUT2D eigenvalue weighted by Gasteiger charge is 2.36. The van der Waals surface area contributed by atoms with Crippen molar-refractivity contribution in [2.75, 3.05) is 25.5 Å². The van der Waals surface area contributed by atoms with Gasteiger partial charge in [-0.15, -0.1) is 0 Å². The van der Waals surface area contributed by atoms with Crippen LogP contribution in [0.2, 0.25) is 0 Å². The van der Waals surface area contributed by atoms with Crippen molar-refractivity contribution in [3.63, 3.8) is 0 Å². The Kier molecular flexibility index (Phi) is 6.96. The highest BCUT2D eigenvalue weighted by Crippen LogP contribution is 2.32. The number of anilines is 1. The maximum Gasteiger partial charge on any atom is 0.416 e. The first kappa shape index (κ1) is 24.5. The van der Waals surface area contributed by atoms with Crippen LogP contribution < -0.4 is 5.32 Å². The predicted molar refractivity (Wildman–Crippen MR) is 110 cm³/mol. The zero-order chi connectivity index (χ0) is 24.4. The van der Waals surface area contributed by atoms with E-state index < -0.39 is 50.3 Å². The Balaban J connectivity index is 1.71. The molecular formula is C21H20F4N2O5S. The van der Waals surface area contributed by atoms with Crippen LogP contribution in [-0.2, 0) is 20.8 Å². The number of sulfone groups is 1. The van der Waals surface area contributed by atoms with Crippen LogP contribution in [0.1, 0.15) is 28.8 Å². The van der Waals surface area contributed by atoms with E-state index in [9.17, 15) is 35.6 Å². The summed E-state index contributed by atoms with van der Waals surface area (Å²) in [4.78, 5) is 25.4. The number of hydrogen-bond acceptors (Lipinski definition) is 5. The summed E-state index contributed by atoms with van der Waals surface area (Å²) in [7, 11) is -2.79. The van der Waals surface area contributed by atoms with Crippen molar-refractivity contribution in [1.29, 1.82) is 0 Å². The Labute approximate surface area is 187 Å². The molecule has 0 radical (unpaired) electrons. The van der Waals surface area contributed by atoms with Gasteiger partial charge in [0.25, 0.3) is 0 Å². The highest BCUT2D eigenvalue weighted by atomic mass is 32.2. The number of urea groups is 1. The lowest BCUT2D eigenvalue weighted by Gasteiger charge is -2.32. The van der Waals surface area contributed by atoms with Gasteiger partial charge in [-0.2, -0.15) is 13.2 Å². The molecule has 0 aliphatic carbocycles. The summed E-state index contributed by atoms with van der Waals surface area (Å²) in [5.41, 5.74) is -1.84. The second-order valence-corrected chi connectivity index (χ2v) is 9.54. The van der Waals surface area contributed by atoms with Gasteiger partial charge in [0.05, 0.1) is 34.1 Å². The highest BCUT2D eigenvalue weighted by molar-refractivity contribution is 7.92. The number of halogens is 4. The number of piperidine rings is 1. The number of ether oxygens (including phenoxy) is 1. The van der Waals surface area contributed by atoms with Gasteiger partial charge >= 0.3 is 18.2 Å². The molecule has 0 bridgehead atoms. The first-order valence-electron chi connectivity index (χ1n) is 9.79. The molecule has 0 unspecified atom stereocenters. The van der Waals surface area contributed by atoms with Crippen molar-refractivity contribution in [1.82, 2.24) is 4.90 Å². The predicted octanol–water partition coefficient (Wildman–Crippen LogP) is 4.10. The molecule has 3 rings (SSSR count). The zero-order valence-corrected chi connectivity index (χ0v) is 18.2. The molecule has 0 spiro atoms. The molecule has 12 heteroatoms. The van der Waals surface area contributed by atoms with Crippen molar-refractivity contribution in [3.8, 4) is 0 Å². The molecule has 33 heavy (non-hydrogen) atoms. The van der Waals surface area contributed by atoms with Crippen LogP contribution in [0.3, 0.4) is 0 Å². The Morgan fingerprint density at radius 2 is 1.73 bits per heavy atom. The van der Waals surface area contributed by atoms with Gasteiger partial charge in [-0.25, -0.2) is 22.4 Å². The zero-order valence-electron chi connectivity index (χ0n) is 17.4. The molecule has 2 amide bonds. The summed E-state index contributed by atoms with van der Waals surface area (Å²) in [6, 6.07) is 6.44. The lowest BCUT2D eigenvalue weighted by molar-refractivity contribution is -0.137. The van der Waals surface area contributed by atoms with E-state index in [2.05, 4.69) is 10.1 Å². The average Bonchev–Trinajstić information content (AvgIpc) is 2.79. The molecular weight excluding hydrogens is 468 g/mol. The minimum Gasteiger partial charge on any atom is -0.465 e. The summed E-state index contributed by atoms with van der Waals surface area (Å²) < 4.78 is 83.3. The standard InChI is InChI=1S/C21H20F4N2O5S/c1-32-19(28)15-4-2-3-5-18(15)33(30,31)14-8-10-27(11-9-14)20(29)26-17-12-13(21(23,24)25)6-7-16(17)22/h2-7,12,14H,8-11H2,1H3,(H,26,29). The van der Waals surface area contributed by atoms with Crippen LogP contribution in [0.5, 0.6) is 0 Å². The van der Waals surface area contributed by atoms with Gasteiger partial charge in [0.2, 0.25) is 0 Å². The molecule has 1 aliphatic rings. The molecule has 1 aliphatic heterocycles. The van der Waals surface area contributed by atoms with Crippen LogP contribution in [0.25, 0.3) is 0 Å². The number of amides is 2. The Hall–Kier alpha value is -3.15. The molecule has 178 valence electrons. The van der Waals surface area contributed by atoms with Gasteiger partial charge in [-0.1, -0.05) is 12.1 Å². The lowest BCUT2D eigenvalue weighted by Crippen LogP contribution is -2.44. The minimum absolute atomic E-state index is 0.0241. The van der Waals surface area contributed by atoms with Crippen LogP contribution in [0.15, 0.2) is 47.4 Å². The van der Waals surface area contributed by atoms with E-state index in [0.717, 1.165) is 7.11 Å². The van der Waals surface area contributed by atoms with E-state index in [1.54, 1.807) is 0 Å². The van der Waals surface area contributed by atoms with Gasteiger partial charge in [0.15, 0.2) is 9.84 Å². The molecule has 1 N–H and O–H groups in total. The lowest BCUT2D eigenvalue weighted by atomic mass is 10.1. The van der Waals surface area contributed by atoms with Crippen molar-refractivity contribution in [2.45, 2.75) is 29.2 Å². The summed E-state index contributed by atoms with van der Waals surface area (Å²) in [6.45, 7) is -0.0621. The number of alkyl halides is 3. The maximum atomic E-state index is 13.9. The van der Waals surface area contributed by atoms with Gasteiger partial charge in [-0.3, -0.25) is 0 Å². The summed E-state index contributed by atoms with van der Waals surface area (Å²) in [5.74, 6) is -1.83. The number of likely N-dealkylation sites (tertiary alicyclic amines) is 1. The average molecular weight is 488 g/mol. The van der Waals surface area contributed by atoms with Gasteiger partial charge in [0, 0.05) is 13.1 Å². The summed E-state index contributed by atoms with van der Waals surface area (Å²) >= 11 is 0. The van der Waals surface area contributed by atoms with E-state index in [0.29, 0.717) is 18.2 Å². The first-order chi connectivity index (χ1) is 15.4. The molecule has 1 saturated heterocycles. The number of methoxy groups -OCH3 is 1. The number of rotatable bonds is 4. The fourth-order valence-corrected chi connectivity index (χ4v) is 5.45. The maximum absolute atomic E-state index is 13.9. The number of carbonyl (C=O) groups is 2. The molecule has 1 fully saturated rings. The van der Waals surface area contributed by atoms with Crippen molar-refractivity contribution >= 4 is 27.5 Å². The Morgan fingerprint density at radius 3 is 2.33 bits per heavy atom. The third kappa shape index (κ3) is 5.27. The monoisotopic (exact) mass is 488 g/mol. The SMILES string of the molecule is COC(=O)c1ccccc1S(=O)(=O)C1CCN(C(=O)Nc2cc(C(F)(F)F)ccc2F)CC1. The number of esters is 1. The number of carbonyl (C=O) groups excluding carboxylic acids is 2. The van der Waals surface area contributed by atoms with Crippen molar-refractivity contribution in [3.05, 3.63) is 59.4 Å². The number of hydrogen-bond donors (Lipinski definition) is 1. The number of nitrogens with one attached hydrogen (secondary N) is 1. The Bertz CT molecular complexity index is 1160. The molecule has 0 aromatic heterocycles. The van der Waals surface area contributed by atoms with E-state index in [1.165, 1.54) is 29.2 Å². The number of benzene rings is 2. The molecule has 0 atom stereocenters. The van der Waals surface area contributed by atoms with E-state index in [4.69, 9.17) is 0 Å². The first-order valence-corrected chi connectivity index (χ1v) is 11.3. The largest absolute Gasteiger partial charge is 0.465 e. The summed E-state index contributed by atoms with van der Waals surface area (Å²) in [6.07, 6.45) is -4.66. The second kappa shape index (κ2) is 9.38. The summed E-state index contributed by atoms with van der Waals surface area (Å²) in [5, 5.41) is 1.22. The van der Waals surface area contributed by atoms with Crippen LogP contribution >= 0.6 is 0 Å². The molecule has 2 aromatic carbocycles. The van der Waals surface area contributed by atoms with E-state index >= 15 is 0 Å². The van der Waals surface area contributed by atoms with Gasteiger partial charge in [-0.05, 0) is 43.2 Å². The minimum atomic E-state index is -4.71. The van der Waals surface area contributed by atoms with Crippen LogP contribution in [0.4, 0.5) is 28.0 Å². The third-order valence-corrected chi connectivity index (χ3v) is 7.62. The second-order valence-electron chi connectivity index (χ2n) is 7.34. The molecule has 7 nitrogen and oxygen atoms in total. The smallest absolute Gasteiger partial charge is 0.416 e. The van der Waals surface area contributed by atoms with Crippen LogP contribution in [0, 0.1) is 5.82 Å². The fraction of sp³-hybridized carbons (Fsp3) is 0.333. The third-order valence-electron chi connectivity index (χ3n) is 5.30. The normalized spacial score (nSPS) is 15.2. The molecule has 2 aromatic rings. The van der Waals surface area contributed by atoms with Gasteiger partial charge in [0.1, 0.15) is 5.82 Å². The van der Waals surface area contributed by atoms with E-state index in [1.807, 2.05) is 0 Å². The molecule has 0 saturated carbocycles. The molecule has 1 heterocycles. The van der Waals surface area contributed by atoms with Crippen molar-refractivity contribution < 1.29 is 40.3 Å². The van der Waals surface area contributed by atoms with Gasteiger partial charge < -0.3 is 15.0 Å². The van der Waals surface area contributed by atoms with E-state index in [-0.39, 0.29) is 36.4 Å².